The maximum Gasteiger partial charge on any atom is 0.338 e. The van der Waals surface area contributed by atoms with Crippen LogP contribution in [0.4, 0.5) is 5.69 Å². The van der Waals surface area contributed by atoms with E-state index >= 15 is 0 Å². The maximum atomic E-state index is 12.8. The molecule has 0 amide bonds. The minimum absolute atomic E-state index is 0.00362. The van der Waals surface area contributed by atoms with Gasteiger partial charge < -0.3 is 23.7 Å². The van der Waals surface area contributed by atoms with Crippen LogP contribution >= 0.6 is 0 Å². The number of hydrogen-bond donors (Lipinski definition) is 1. The number of esters is 1. The molecule has 0 atom stereocenters. The van der Waals surface area contributed by atoms with Crippen LogP contribution in [0.3, 0.4) is 0 Å². The summed E-state index contributed by atoms with van der Waals surface area (Å²) in [4.78, 5) is 24.8. The highest BCUT2D eigenvalue weighted by Gasteiger charge is 2.20. The highest BCUT2D eigenvalue weighted by molar-refractivity contribution is 7.92. The number of carbonyl (C=O) groups excluding carboxylic acids is 2. The number of ketones is 1. The Hall–Kier alpha value is -4.25. The third-order valence-corrected chi connectivity index (χ3v) is 6.62. The lowest BCUT2D eigenvalue weighted by atomic mass is 10.1. The Morgan fingerprint density at radius 3 is 2.19 bits per heavy atom. The van der Waals surface area contributed by atoms with Gasteiger partial charge in [-0.05, 0) is 54.6 Å². The van der Waals surface area contributed by atoms with Gasteiger partial charge in [-0.15, -0.1) is 0 Å². The molecule has 10 nitrogen and oxygen atoms in total. The molecule has 0 spiro atoms. The Kier molecular flexibility index (Phi) is 7.30. The minimum atomic E-state index is -3.91. The molecule has 11 heteroatoms. The fraction of sp³-hybridized carbons (Fsp3) is 0.200. The highest BCUT2D eigenvalue weighted by Crippen LogP contribution is 2.33. The van der Waals surface area contributed by atoms with E-state index < -0.39 is 28.4 Å². The standard InChI is InChI=1S/C25H23NO9S/c1-31-21-9-5-17(13-23(21)32-2)20(27)15-35-25(28)16-3-6-18(7-4-16)26-36(29,30)19-8-10-22-24(14-19)34-12-11-33-22/h3-10,13-14,26H,11-12,15H2,1-2H3. The van der Waals surface area contributed by atoms with Crippen LogP contribution in [-0.4, -0.2) is 54.2 Å². The first-order chi connectivity index (χ1) is 17.3. The van der Waals surface area contributed by atoms with Gasteiger partial charge in [0, 0.05) is 17.3 Å². The second-order valence-corrected chi connectivity index (χ2v) is 9.24. The number of fused-ring (bicyclic) bond motifs is 1. The second kappa shape index (κ2) is 10.6. The normalized spacial score (nSPS) is 12.4. The molecule has 0 aromatic heterocycles. The molecule has 3 aromatic rings. The van der Waals surface area contributed by atoms with E-state index in [1.165, 1.54) is 62.8 Å². The van der Waals surface area contributed by atoms with Crippen LogP contribution < -0.4 is 23.7 Å². The van der Waals surface area contributed by atoms with Crippen molar-refractivity contribution < 1.29 is 41.7 Å². The second-order valence-electron chi connectivity index (χ2n) is 7.56. The number of ether oxygens (including phenoxy) is 5. The molecule has 1 N–H and O–H groups in total. The van der Waals surface area contributed by atoms with Crippen molar-refractivity contribution >= 4 is 27.5 Å². The minimum Gasteiger partial charge on any atom is -0.493 e. The fourth-order valence-corrected chi connectivity index (χ4v) is 4.46. The first-order valence-corrected chi connectivity index (χ1v) is 12.2. The van der Waals surface area contributed by atoms with Crippen LogP contribution in [0.25, 0.3) is 0 Å². The summed E-state index contributed by atoms with van der Waals surface area (Å²) in [6.07, 6.45) is 0. The average Bonchev–Trinajstić information content (AvgIpc) is 2.91. The lowest BCUT2D eigenvalue weighted by Crippen LogP contribution is -2.17. The van der Waals surface area contributed by atoms with E-state index in [1.54, 1.807) is 12.1 Å². The Morgan fingerprint density at radius 2 is 1.50 bits per heavy atom. The predicted molar refractivity (Wildman–Crippen MR) is 129 cm³/mol. The Morgan fingerprint density at radius 1 is 0.833 bits per heavy atom. The van der Waals surface area contributed by atoms with E-state index in [0.29, 0.717) is 41.8 Å². The van der Waals surface area contributed by atoms with Crippen molar-refractivity contribution in [1.82, 2.24) is 0 Å². The molecule has 0 aliphatic carbocycles. The summed E-state index contributed by atoms with van der Waals surface area (Å²) in [7, 11) is -0.976. The Balaban J connectivity index is 1.37. The van der Waals surface area contributed by atoms with Gasteiger partial charge in [0.25, 0.3) is 10.0 Å². The summed E-state index contributed by atoms with van der Waals surface area (Å²) in [6.45, 7) is 0.255. The van der Waals surface area contributed by atoms with E-state index in [1.807, 2.05) is 0 Å². The van der Waals surface area contributed by atoms with Gasteiger partial charge in [-0.2, -0.15) is 0 Å². The van der Waals surface area contributed by atoms with Crippen LogP contribution in [0.2, 0.25) is 0 Å². The summed E-state index contributed by atoms with van der Waals surface area (Å²) < 4.78 is 54.2. The predicted octanol–water partition coefficient (Wildman–Crippen LogP) is 3.32. The molecule has 1 heterocycles. The summed E-state index contributed by atoms with van der Waals surface area (Å²) in [5.41, 5.74) is 0.685. The van der Waals surface area contributed by atoms with Crippen molar-refractivity contribution in [3.05, 3.63) is 71.8 Å². The van der Waals surface area contributed by atoms with Crippen molar-refractivity contribution in [2.24, 2.45) is 0 Å². The smallest absolute Gasteiger partial charge is 0.338 e. The van der Waals surface area contributed by atoms with E-state index in [2.05, 4.69) is 4.72 Å². The molecule has 4 rings (SSSR count). The van der Waals surface area contributed by atoms with Crippen LogP contribution in [0.15, 0.2) is 65.6 Å². The lowest BCUT2D eigenvalue weighted by Gasteiger charge is -2.19. The summed E-state index contributed by atoms with van der Waals surface area (Å²) in [6, 6.07) is 14.6. The van der Waals surface area contributed by atoms with Gasteiger partial charge in [-0.25, -0.2) is 13.2 Å². The first-order valence-electron chi connectivity index (χ1n) is 10.8. The number of rotatable bonds is 9. The zero-order chi connectivity index (χ0) is 25.7. The Bertz CT molecular complexity index is 1390. The molecular formula is C25H23NO9S. The Labute approximate surface area is 207 Å². The van der Waals surface area contributed by atoms with Gasteiger partial charge in [0.1, 0.15) is 13.2 Å². The van der Waals surface area contributed by atoms with E-state index in [9.17, 15) is 18.0 Å². The number of nitrogens with one attached hydrogen (secondary N) is 1. The van der Waals surface area contributed by atoms with E-state index in [4.69, 9.17) is 23.7 Å². The van der Waals surface area contributed by atoms with Gasteiger partial charge in [0.2, 0.25) is 0 Å². The molecule has 0 saturated heterocycles. The molecule has 1 aliphatic rings. The number of anilines is 1. The molecule has 1 aliphatic heterocycles. The van der Waals surface area contributed by atoms with Gasteiger partial charge >= 0.3 is 5.97 Å². The van der Waals surface area contributed by atoms with Crippen LogP contribution in [-0.2, 0) is 14.8 Å². The highest BCUT2D eigenvalue weighted by atomic mass is 32.2. The molecule has 0 fully saturated rings. The first kappa shape index (κ1) is 24.9. The molecule has 36 heavy (non-hydrogen) atoms. The monoisotopic (exact) mass is 513 g/mol. The fourth-order valence-electron chi connectivity index (χ4n) is 3.39. The summed E-state index contributed by atoms with van der Waals surface area (Å²) in [5, 5.41) is 0. The number of carbonyl (C=O) groups is 2. The number of benzene rings is 3. The number of hydrogen-bond acceptors (Lipinski definition) is 9. The lowest BCUT2D eigenvalue weighted by molar-refractivity contribution is 0.0474. The third kappa shape index (κ3) is 5.52. The van der Waals surface area contributed by atoms with E-state index in [0.717, 1.165) is 0 Å². The van der Waals surface area contributed by atoms with Gasteiger partial charge in [-0.1, -0.05) is 0 Å². The molecule has 0 bridgehead atoms. The van der Waals surface area contributed by atoms with Crippen LogP contribution in [0, 0.1) is 0 Å². The van der Waals surface area contributed by atoms with E-state index in [-0.39, 0.29) is 16.1 Å². The molecule has 188 valence electrons. The maximum absolute atomic E-state index is 12.8. The number of sulfonamides is 1. The van der Waals surface area contributed by atoms with Gasteiger partial charge in [-0.3, -0.25) is 9.52 Å². The topological polar surface area (TPSA) is 126 Å². The zero-order valence-corrected chi connectivity index (χ0v) is 20.3. The third-order valence-electron chi connectivity index (χ3n) is 5.24. The largest absolute Gasteiger partial charge is 0.493 e. The molecule has 0 radical (unpaired) electrons. The van der Waals surface area contributed by atoms with Crippen molar-refractivity contribution in [2.75, 3.05) is 38.8 Å². The van der Waals surface area contributed by atoms with Gasteiger partial charge in [0.05, 0.1) is 24.7 Å². The van der Waals surface area contributed by atoms with Crippen molar-refractivity contribution in [3.63, 3.8) is 0 Å². The number of Topliss-reactive ketones (excluding diaryl/α,β-unsaturated/α-hetero) is 1. The average molecular weight is 514 g/mol. The number of methoxy groups -OCH3 is 2. The summed E-state index contributed by atoms with van der Waals surface area (Å²) >= 11 is 0. The molecular weight excluding hydrogens is 490 g/mol. The molecule has 0 unspecified atom stereocenters. The molecule has 0 saturated carbocycles. The SMILES string of the molecule is COc1ccc(C(=O)COC(=O)c2ccc(NS(=O)(=O)c3ccc4c(c3)OCCO4)cc2)cc1OC. The molecule has 3 aromatic carbocycles. The van der Waals surface area contributed by atoms with Crippen LogP contribution in [0.1, 0.15) is 20.7 Å². The quantitative estimate of drug-likeness (QED) is 0.339. The van der Waals surface area contributed by atoms with Crippen molar-refractivity contribution in [1.29, 1.82) is 0 Å². The van der Waals surface area contributed by atoms with Crippen LogP contribution in [0.5, 0.6) is 23.0 Å². The van der Waals surface area contributed by atoms with Gasteiger partial charge in [0.15, 0.2) is 35.4 Å². The van der Waals surface area contributed by atoms with Crippen molar-refractivity contribution in [2.45, 2.75) is 4.90 Å². The van der Waals surface area contributed by atoms with Crippen molar-refractivity contribution in [3.8, 4) is 23.0 Å². The zero-order valence-electron chi connectivity index (χ0n) is 19.5. The summed E-state index contributed by atoms with van der Waals surface area (Å²) in [5.74, 6) is 0.524.